The molecule has 0 bridgehead atoms. The first-order valence-electron chi connectivity index (χ1n) is 13.8. The number of allylic oxidation sites excluding steroid dienone is 2. The van der Waals surface area contributed by atoms with Crippen molar-refractivity contribution < 1.29 is 24.2 Å². The number of carbonyl (C=O) groups is 3. The van der Waals surface area contributed by atoms with E-state index >= 15 is 0 Å². The van der Waals surface area contributed by atoms with Crippen molar-refractivity contribution in [3.8, 4) is 0 Å². The van der Waals surface area contributed by atoms with Crippen LogP contribution in [0.5, 0.6) is 0 Å². The molecule has 2 saturated carbocycles. The van der Waals surface area contributed by atoms with Crippen LogP contribution in [0.4, 0.5) is 0 Å². The monoisotopic (exact) mass is 508 g/mol. The van der Waals surface area contributed by atoms with Gasteiger partial charge in [0.15, 0.2) is 0 Å². The zero-order valence-electron chi connectivity index (χ0n) is 21.7. The Hall–Kier alpha value is -3.09. The van der Waals surface area contributed by atoms with Gasteiger partial charge in [-0.15, -0.1) is 0 Å². The Labute approximate surface area is 219 Å². The number of aliphatic carboxylic acids is 1. The van der Waals surface area contributed by atoms with Crippen LogP contribution in [0.1, 0.15) is 69.8 Å². The van der Waals surface area contributed by atoms with Crippen LogP contribution in [0, 0.1) is 23.7 Å². The van der Waals surface area contributed by atoms with Crippen LogP contribution in [0.25, 0.3) is 0 Å². The third kappa shape index (κ3) is 7.46. The summed E-state index contributed by atoms with van der Waals surface area (Å²) >= 11 is 0. The standard InChI is InChI=1S/C30H40N2O5/c1-20-19-26(37-25-13-11-24(12-14-25)30(35)36)15-16-27(20)29(34)32-18-17-31-28(33)23-9-7-22(8-10-23)21-5-3-2-4-6-21/h2-6,15-16,19-20,22-25,27H,7-14,17-18H2,1H3,(H,31,33)(H,32,34)(H,35,36). The van der Waals surface area contributed by atoms with E-state index in [0.717, 1.165) is 44.3 Å². The van der Waals surface area contributed by atoms with E-state index in [-0.39, 0.29) is 41.6 Å². The number of benzene rings is 1. The van der Waals surface area contributed by atoms with E-state index < -0.39 is 5.97 Å². The van der Waals surface area contributed by atoms with Gasteiger partial charge in [0.05, 0.1) is 17.9 Å². The van der Waals surface area contributed by atoms with E-state index in [0.29, 0.717) is 31.8 Å². The molecule has 2 unspecified atom stereocenters. The van der Waals surface area contributed by atoms with Crippen molar-refractivity contribution in [3.63, 3.8) is 0 Å². The molecule has 2 fully saturated rings. The first-order valence-corrected chi connectivity index (χ1v) is 13.8. The van der Waals surface area contributed by atoms with Crippen molar-refractivity contribution in [2.45, 2.75) is 70.3 Å². The van der Waals surface area contributed by atoms with Gasteiger partial charge in [-0.3, -0.25) is 14.4 Å². The predicted molar refractivity (Wildman–Crippen MR) is 142 cm³/mol. The molecule has 3 aliphatic rings. The second-order valence-electron chi connectivity index (χ2n) is 10.8. The van der Waals surface area contributed by atoms with Crippen molar-refractivity contribution in [1.82, 2.24) is 10.6 Å². The van der Waals surface area contributed by atoms with Crippen LogP contribution in [0.3, 0.4) is 0 Å². The molecule has 1 aromatic rings. The molecular formula is C30H40N2O5. The van der Waals surface area contributed by atoms with E-state index in [2.05, 4.69) is 34.9 Å². The molecule has 2 amide bonds. The van der Waals surface area contributed by atoms with Crippen LogP contribution < -0.4 is 10.6 Å². The Balaban J connectivity index is 1.12. The number of rotatable bonds is 9. The van der Waals surface area contributed by atoms with E-state index in [1.807, 2.05) is 31.2 Å². The lowest BCUT2D eigenvalue weighted by Crippen LogP contribution is -2.41. The molecule has 0 heterocycles. The first-order chi connectivity index (χ1) is 17.9. The van der Waals surface area contributed by atoms with Crippen LogP contribution in [0.2, 0.25) is 0 Å². The summed E-state index contributed by atoms with van der Waals surface area (Å²) in [6, 6.07) is 10.5. The zero-order chi connectivity index (χ0) is 26.2. The predicted octanol–water partition coefficient (Wildman–Crippen LogP) is 4.56. The minimum Gasteiger partial charge on any atom is -0.491 e. The van der Waals surface area contributed by atoms with Crippen molar-refractivity contribution in [3.05, 3.63) is 59.9 Å². The van der Waals surface area contributed by atoms with E-state index in [1.165, 1.54) is 5.56 Å². The van der Waals surface area contributed by atoms with E-state index in [9.17, 15) is 14.4 Å². The number of hydrogen-bond donors (Lipinski definition) is 3. The summed E-state index contributed by atoms with van der Waals surface area (Å²) in [5.41, 5.74) is 1.37. The lowest BCUT2D eigenvalue weighted by Gasteiger charge is -2.29. The van der Waals surface area contributed by atoms with E-state index in [1.54, 1.807) is 0 Å². The maximum atomic E-state index is 12.7. The zero-order valence-corrected chi connectivity index (χ0v) is 21.7. The number of nitrogens with one attached hydrogen (secondary N) is 2. The number of amides is 2. The summed E-state index contributed by atoms with van der Waals surface area (Å²) in [5, 5.41) is 15.1. The second kappa shape index (κ2) is 12.9. The number of ether oxygens (including phenoxy) is 1. The van der Waals surface area contributed by atoms with Gasteiger partial charge in [-0.1, -0.05) is 43.3 Å². The molecule has 0 spiro atoms. The fourth-order valence-corrected chi connectivity index (χ4v) is 5.86. The van der Waals surface area contributed by atoms with Crippen molar-refractivity contribution in [2.24, 2.45) is 23.7 Å². The molecule has 0 aliphatic heterocycles. The minimum atomic E-state index is -0.719. The van der Waals surface area contributed by atoms with Gasteiger partial charge in [-0.25, -0.2) is 0 Å². The van der Waals surface area contributed by atoms with Gasteiger partial charge in [0.2, 0.25) is 11.8 Å². The summed E-state index contributed by atoms with van der Waals surface area (Å²) in [6.07, 6.45) is 12.4. The topological polar surface area (TPSA) is 105 Å². The fourth-order valence-electron chi connectivity index (χ4n) is 5.86. The SMILES string of the molecule is CC1C=C(OC2CCC(C(=O)O)CC2)C=CC1C(=O)NCCNC(=O)C1CCC(c2ccccc2)CC1. The minimum absolute atomic E-state index is 0.00949. The highest BCUT2D eigenvalue weighted by molar-refractivity contribution is 5.82. The molecule has 0 saturated heterocycles. The molecule has 2 atom stereocenters. The van der Waals surface area contributed by atoms with Crippen LogP contribution >= 0.6 is 0 Å². The lowest BCUT2D eigenvalue weighted by molar-refractivity contribution is -0.143. The molecule has 200 valence electrons. The van der Waals surface area contributed by atoms with Gasteiger partial charge in [0, 0.05) is 19.0 Å². The van der Waals surface area contributed by atoms with Gasteiger partial charge in [0.1, 0.15) is 5.76 Å². The molecule has 4 rings (SSSR count). The van der Waals surface area contributed by atoms with E-state index in [4.69, 9.17) is 9.84 Å². The number of carbonyl (C=O) groups excluding carboxylic acids is 2. The van der Waals surface area contributed by atoms with Gasteiger partial charge < -0.3 is 20.5 Å². The summed E-state index contributed by atoms with van der Waals surface area (Å²) in [6.45, 7) is 2.82. The summed E-state index contributed by atoms with van der Waals surface area (Å²) in [7, 11) is 0. The average molecular weight is 509 g/mol. The summed E-state index contributed by atoms with van der Waals surface area (Å²) in [4.78, 5) is 36.5. The van der Waals surface area contributed by atoms with Crippen molar-refractivity contribution in [2.75, 3.05) is 13.1 Å². The van der Waals surface area contributed by atoms with Gasteiger partial charge in [-0.05, 0) is 80.9 Å². The molecule has 37 heavy (non-hydrogen) atoms. The number of carboxylic acid groups (broad SMARTS) is 1. The third-order valence-corrected chi connectivity index (χ3v) is 8.18. The molecule has 0 aromatic heterocycles. The van der Waals surface area contributed by atoms with Crippen LogP contribution in [-0.4, -0.2) is 42.1 Å². The Bertz CT molecular complexity index is 988. The molecule has 3 aliphatic carbocycles. The van der Waals surface area contributed by atoms with Gasteiger partial charge in [0.25, 0.3) is 0 Å². The van der Waals surface area contributed by atoms with Gasteiger partial charge in [-0.2, -0.15) is 0 Å². The largest absolute Gasteiger partial charge is 0.491 e. The Morgan fingerprint density at radius 1 is 0.865 bits per heavy atom. The highest BCUT2D eigenvalue weighted by atomic mass is 16.5. The number of carboxylic acids is 1. The van der Waals surface area contributed by atoms with Crippen molar-refractivity contribution in [1.29, 1.82) is 0 Å². The van der Waals surface area contributed by atoms with Crippen molar-refractivity contribution >= 4 is 17.8 Å². The molecular weight excluding hydrogens is 468 g/mol. The fraction of sp³-hybridized carbons (Fsp3) is 0.567. The Kier molecular flexibility index (Phi) is 9.42. The Morgan fingerprint density at radius 3 is 2.11 bits per heavy atom. The lowest BCUT2D eigenvalue weighted by atomic mass is 9.78. The summed E-state index contributed by atoms with van der Waals surface area (Å²) in [5.74, 6) is 0.118. The average Bonchev–Trinajstić information content (AvgIpc) is 2.92. The summed E-state index contributed by atoms with van der Waals surface area (Å²) < 4.78 is 6.08. The molecule has 1 aromatic carbocycles. The maximum absolute atomic E-state index is 12.7. The Morgan fingerprint density at radius 2 is 1.49 bits per heavy atom. The molecule has 7 nitrogen and oxygen atoms in total. The normalized spacial score (nSPS) is 29.6. The third-order valence-electron chi connectivity index (χ3n) is 8.18. The van der Waals surface area contributed by atoms with Crippen LogP contribution in [-0.2, 0) is 19.1 Å². The van der Waals surface area contributed by atoms with Crippen LogP contribution in [0.15, 0.2) is 54.3 Å². The van der Waals surface area contributed by atoms with Gasteiger partial charge >= 0.3 is 5.97 Å². The molecule has 0 radical (unpaired) electrons. The highest BCUT2D eigenvalue weighted by Crippen LogP contribution is 2.35. The maximum Gasteiger partial charge on any atom is 0.306 e. The highest BCUT2D eigenvalue weighted by Gasteiger charge is 2.30. The second-order valence-corrected chi connectivity index (χ2v) is 10.8. The molecule has 3 N–H and O–H groups in total. The quantitative estimate of drug-likeness (QED) is 0.424. The number of hydrogen-bond acceptors (Lipinski definition) is 4. The first kappa shape index (κ1) is 27.0. The smallest absolute Gasteiger partial charge is 0.306 e. The molecule has 7 heteroatoms.